The summed E-state index contributed by atoms with van der Waals surface area (Å²) < 4.78 is 5.10. The van der Waals surface area contributed by atoms with Gasteiger partial charge in [-0.15, -0.1) is 19.0 Å². The van der Waals surface area contributed by atoms with Crippen LogP contribution in [0.1, 0.15) is 18.0 Å². The Morgan fingerprint density at radius 2 is 2.27 bits per heavy atom. The normalized spacial score (nSPS) is 11.4. The molecule has 1 aromatic rings. The van der Waals surface area contributed by atoms with Gasteiger partial charge in [0, 0.05) is 6.04 Å². The van der Waals surface area contributed by atoms with E-state index in [1.807, 2.05) is 12.1 Å². The zero-order valence-electron chi connectivity index (χ0n) is 8.57. The molecule has 84 valence electrons. The summed E-state index contributed by atoms with van der Waals surface area (Å²) in [5.74, 6) is 0.656. The Bertz CT molecular complexity index is 328. The second kappa shape index (κ2) is 6.72. The van der Waals surface area contributed by atoms with Crippen molar-refractivity contribution < 1.29 is 4.74 Å². The molecule has 0 aliphatic rings. The number of halogens is 2. The van der Waals surface area contributed by atoms with Gasteiger partial charge in [-0.05, 0) is 24.1 Å². The lowest BCUT2D eigenvalue weighted by Gasteiger charge is -2.11. The number of nitrogens with two attached hydrogens (primary N) is 1. The van der Waals surface area contributed by atoms with Gasteiger partial charge in [-0.25, -0.2) is 0 Å². The van der Waals surface area contributed by atoms with Gasteiger partial charge >= 0.3 is 0 Å². The predicted molar refractivity (Wildman–Crippen MR) is 67.0 cm³/mol. The fraction of sp³-hybridized carbons (Fsp3) is 0.273. The van der Waals surface area contributed by atoms with Crippen molar-refractivity contribution in [3.8, 4) is 5.75 Å². The molecular formula is C11H15Cl2NO. The first-order valence-electron chi connectivity index (χ1n) is 4.39. The molecule has 1 aromatic carbocycles. The third kappa shape index (κ3) is 3.74. The predicted octanol–water partition coefficient (Wildman–Crippen LogP) is 3.35. The molecule has 1 atom stereocenters. The van der Waals surface area contributed by atoms with Crippen molar-refractivity contribution in [3.05, 3.63) is 41.4 Å². The maximum atomic E-state index is 5.91. The third-order valence-corrected chi connectivity index (χ3v) is 2.34. The van der Waals surface area contributed by atoms with Gasteiger partial charge in [-0.1, -0.05) is 23.7 Å². The summed E-state index contributed by atoms with van der Waals surface area (Å²) in [6.45, 7) is 3.65. The Kier molecular flexibility index (Phi) is 6.41. The van der Waals surface area contributed by atoms with Crippen LogP contribution in [-0.4, -0.2) is 7.11 Å². The van der Waals surface area contributed by atoms with E-state index in [-0.39, 0.29) is 18.4 Å². The standard InChI is InChI=1S/C11H14ClNO.ClH/c1-3-4-10(13)8-5-6-9(12)11(7-8)14-2;/h3,5-7,10H,1,4,13H2,2H3;1H/t10-;/m0./s1. The molecule has 0 bridgehead atoms. The van der Waals surface area contributed by atoms with E-state index in [0.29, 0.717) is 10.8 Å². The van der Waals surface area contributed by atoms with Crippen molar-refractivity contribution >= 4 is 24.0 Å². The van der Waals surface area contributed by atoms with E-state index in [1.165, 1.54) is 0 Å². The fourth-order valence-electron chi connectivity index (χ4n) is 1.22. The highest BCUT2D eigenvalue weighted by molar-refractivity contribution is 6.32. The average molecular weight is 248 g/mol. The monoisotopic (exact) mass is 247 g/mol. The molecule has 0 amide bonds. The lowest BCUT2D eigenvalue weighted by atomic mass is 10.0. The van der Waals surface area contributed by atoms with Crippen LogP contribution < -0.4 is 10.5 Å². The summed E-state index contributed by atoms with van der Waals surface area (Å²) in [7, 11) is 1.59. The lowest BCUT2D eigenvalue weighted by Crippen LogP contribution is -2.08. The van der Waals surface area contributed by atoms with Crippen LogP contribution in [0.4, 0.5) is 0 Å². The number of benzene rings is 1. The molecule has 0 aliphatic heterocycles. The van der Waals surface area contributed by atoms with Gasteiger partial charge in [-0.2, -0.15) is 0 Å². The van der Waals surface area contributed by atoms with Gasteiger partial charge in [0.2, 0.25) is 0 Å². The third-order valence-electron chi connectivity index (χ3n) is 2.02. The van der Waals surface area contributed by atoms with Crippen molar-refractivity contribution in [1.82, 2.24) is 0 Å². The van der Waals surface area contributed by atoms with Crippen LogP contribution in [0.15, 0.2) is 30.9 Å². The number of ether oxygens (including phenoxy) is 1. The summed E-state index contributed by atoms with van der Waals surface area (Å²) in [5.41, 5.74) is 6.91. The first kappa shape index (κ1) is 14.3. The van der Waals surface area contributed by atoms with Gasteiger partial charge < -0.3 is 10.5 Å². The quantitative estimate of drug-likeness (QED) is 0.829. The zero-order chi connectivity index (χ0) is 10.6. The second-order valence-electron chi connectivity index (χ2n) is 3.02. The van der Waals surface area contributed by atoms with E-state index < -0.39 is 0 Å². The highest BCUT2D eigenvalue weighted by Gasteiger charge is 2.07. The first-order chi connectivity index (χ1) is 6.69. The molecule has 2 nitrogen and oxygen atoms in total. The summed E-state index contributed by atoms with van der Waals surface area (Å²) >= 11 is 5.89. The van der Waals surface area contributed by atoms with E-state index in [4.69, 9.17) is 22.1 Å². The molecule has 0 saturated carbocycles. The number of hydrogen-bond acceptors (Lipinski definition) is 2. The molecule has 0 saturated heterocycles. The molecule has 0 unspecified atom stereocenters. The van der Waals surface area contributed by atoms with Gasteiger partial charge in [0.05, 0.1) is 12.1 Å². The van der Waals surface area contributed by atoms with Crippen LogP contribution in [0.5, 0.6) is 5.75 Å². The minimum Gasteiger partial charge on any atom is -0.495 e. The smallest absolute Gasteiger partial charge is 0.137 e. The summed E-state index contributed by atoms with van der Waals surface area (Å²) in [6, 6.07) is 5.51. The Labute approximate surface area is 101 Å². The minimum atomic E-state index is -0.0429. The largest absolute Gasteiger partial charge is 0.495 e. The van der Waals surface area contributed by atoms with Crippen molar-refractivity contribution in [2.75, 3.05) is 7.11 Å². The van der Waals surface area contributed by atoms with Crippen molar-refractivity contribution in [2.45, 2.75) is 12.5 Å². The fourth-order valence-corrected chi connectivity index (χ4v) is 1.42. The minimum absolute atomic E-state index is 0. The number of methoxy groups -OCH3 is 1. The van der Waals surface area contributed by atoms with Crippen molar-refractivity contribution in [3.63, 3.8) is 0 Å². The van der Waals surface area contributed by atoms with Crippen molar-refractivity contribution in [1.29, 1.82) is 0 Å². The number of rotatable bonds is 4. The SMILES string of the molecule is C=CC[C@H](N)c1ccc(Cl)c(OC)c1.Cl. The maximum Gasteiger partial charge on any atom is 0.137 e. The molecule has 4 heteroatoms. The topological polar surface area (TPSA) is 35.2 Å². The summed E-state index contributed by atoms with van der Waals surface area (Å²) in [5, 5.41) is 0.599. The summed E-state index contributed by atoms with van der Waals surface area (Å²) in [6.07, 6.45) is 2.54. The van der Waals surface area contributed by atoms with Gasteiger partial charge in [0.15, 0.2) is 0 Å². The van der Waals surface area contributed by atoms with Crippen LogP contribution in [0, 0.1) is 0 Å². The Morgan fingerprint density at radius 3 is 2.80 bits per heavy atom. The molecule has 0 aromatic heterocycles. The van der Waals surface area contributed by atoms with Crippen LogP contribution in [0.2, 0.25) is 5.02 Å². The molecule has 15 heavy (non-hydrogen) atoms. The van der Waals surface area contributed by atoms with Gasteiger partial charge in [-0.3, -0.25) is 0 Å². The van der Waals surface area contributed by atoms with Crippen molar-refractivity contribution in [2.24, 2.45) is 5.73 Å². The lowest BCUT2D eigenvalue weighted by molar-refractivity contribution is 0.414. The molecule has 1 rings (SSSR count). The molecule has 0 radical (unpaired) electrons. The van der Waals surface area contributed by atoms with E-state index in [0.717, 1.165) is 12.0 Å². The molecule has 0 spiro atoms. The molecule has 0 fully saturated rings. The Morgan fingerprint density at radius 1 is 1.60 bits per heavy atom. The van der Waals surface area contributed by atoms with Gasteiger partial charge in [0.1, 0.15) is 5.75 Å². The molecule has 0 heterocycles. The van der Waals surface area contributed by atoms with Crippen LogP contribution >= 0.6 is 24.0 Å². The van der Waals surface area contributed by atoms with Crippen LogP contribution in [0.25, 0.3) is 0 Å². The average Bonchev–Trinajstić information content (AvgIpc) is 2.19. The Balaban J connectivity index is 0.00000196. The zero-order valence-corrected chi connectivity index (χ0v) is 10.1. The first-order valence-corrected chi connectivity index (χ1v) is 4.76. The van der Waals surface area contributed by atoms with Crippen LogP contribution in [0.3, 0.4) is 0 Å². The molecular weight excluding hydrogens is 233 g/mol. The van der Waals surface area contributed by atoms with E-state index in [2.05, 4.69) is 6.58 Å². The second-order valence-corrected chi connectivity index (χ2v) is 3.43. The van der Waals surface area contributed by atoms with Gasteiger partial charge in [0.25, 0.3) is 0 Å². The van der Waals surface area contributed by atoms with Crippen LogP contribution in [-0.2, 0) is 0 Å². The molecule has 2 N–H and O–H groups in total. The van der Waals surface area contributed by atoms with E-state index in [9.17, 15) is 0 Å². The van der Waals surface area contributed by atoms with E-state index in [1.54, 1.807) is 19.3 Å². The Hall–Kier alpha value is -0.700. The maximum absolute atomic E-state index is 5.91. The highest BCUT2D eigenvalue weighted by Crippen LogP contribution is 2.27. The highest BCUT2D eigenvalue weighted by atomic mass is 35.5. The number of hydrogen-bond donors (Lipinski definition) is 1. The van der Waals surface area contributed by atoms with E-state index >= 15 is 0 Å². The molecule has 0 aliphatic carbocycles. The summed E-state index contributed by atoms with van der Waals surface area (Å²) in [4.78, 5) is 0.